The Morgan fingerprint density at radius 2 is 2.19 bits per heavy atom. The van der Waals surface area contributed by atoms with E-state index in [0.717, 1.165) is 11.3 Å². The van der Waals surface area contributed by atoms with Crippen molar-refractivity contribution in [1.82, 2.24) is 15.3 Å². The molecule has 1 atom stereocenters. The van der Waals surface area contributed by atoms with Gasteiger partial charge in [0.1, 0.15) is 5.69 Å². The Bertz CT molecular complexity index is 659. The maximum atomic E-state index is 12.0. The van der Waals surface area contributed by atoms with Crippen LogP contribution in [-0.2, 0) is 6.54 Å². The molecule has 0 aromatic carbocycles. The van der Waals surface area contributed by atoms with E-state index in [1.54, 1.807) is 25.1 Å². The van der Waals surface area contributed by atoms with Crippen LogP contribution in [0.25, 0.3) is 0 Å². The Hall–Kier alpha value is -1.98. The lowest BCUT2D eigenvalue weighted by Gasteiger charge is -2.10. The molecule has 2 aromatic heterocycles. The third-order valence-corrected chi connectivity index (χ3v) is 3.34. The highest BCUT2D eigenvalue weighted by molar-refractivity contribution is 6.33. The minimum absolute atomic E-state index is 0.191. The molecule has 2 N–H and O–H groups in total. The summed E-state index contributed by atoms with van der Waals surface area (Å²) in [4.78, 5) is 20.3. The van der Waals surface area contributed by atoms with Crippen LogP contribution >= 0.6 is 11.6 Å². The normalized spacial score (nSPS) is 12.0. The smallest absolute Gasteiger partial charge is 0.271 e. The van der Waals surface area contributed by atoms with E-state index in [-0.39, 0.29) is 18.1 Å². The Morgan fingerprint density at radius 3 is 2.81 bits per heavy atom. The highest BCUT2D eigenvalue weighted by atomic mass is 35.5. The monoisotopic (exact) mass is 305 g/mol. The van der Waals surface area contributed by atoms with Crippen molar-refractivity contribution < 1.29 is 9.90 Å². The van der Waals surface area contributed by atoms with Crippen LogP contribution in [0.1, 0.15) is 40.5 Å². The maximum absolute atomic E-state index is 12.0. The fourth-order valence-electron chi connectivity index (χ4n) is 1.97. The summed E-state index contributed by atoms with van der Waals surface area (Å²) in [6, 6.07) is 6.86. The van der Waals surface area contributed by atoms with Gasteiger partial charge in [0.2, 0.25) is 0 Å². The molecule has 0 saturated heterocycles. The standard InChI is InChI=1S/C15H16ClN3O2/c1-9-12(10(2)20)6-5-11(19-9)8-18-15(21)14-13(16)4-3-7-17-14/h3-7,10,20H,8H2,1-2H3,(H,18,21). The van der Waals surface area contributed by atoms with Crippen molar-refractivity contribution in [1.29, 1.82) is 0 Å². The summed E-state index contributed by atoms with van der Waals surface area (Å²) in [6.45, 7) is 3.78. The van der Waals surface area contributed by atoms with Crippen LogP contribution < -0.4 is 5.32 Å². The molecular formula is C15H16ClN3O2. The summed E-state index contributed by atoms with van der Waals surface area (Å²) in [7, 11) is 0. The van der Waals surface area contributed by atoms with Crippen molar-refractivity contribution in [2.24, 2.45) is 0 Å². The van der Waals surface area contributed by atoms with Gasteiger partial charge in [-0.05, 0) is 32.0 Å². The third kappa shape index (κ3) is 3.77. The fourth-order valence-corrected chi connectivity index (χ4v) is 2.18. The van der Waals surface area contributed by atoms with E-state index in [4.69, 9.17) is 11.6 Å². The molecule has 2 aromatic rings. The van der Waals surface area contributed by atoms with Gasteiger partial charge in [-0.1, -0.05) is 17.7 Å². The average molecular weight is 306 g/mol. The quantitative estimate of drug-likeness (QED) is 0.909. The summed E-state index contributed by atoms with van der Waals surface area (Å²) in [5.74, 6) is -0.348. The maximum Gasteiger partial charge on any atom is 0.271 e. The minimum Gasteiger partial charge on any atom is -0.389 e. The van der Waals surface area contributed by atoms with Crippen LogP contribution in [0, 0.1) is 6.92 Å². The first kappa shape index (κ1) is 15.4. The number of aromatic nitrogens is 2. The lowest BCUT2D eigenvalue weighted by atomic mass is 10.1. The number of hydrogen-bond donors (Lipinski definition) is 2. The van der Waals surface area contributed by atoms with Crippen LogP contribution in [0.4, 0.5) is 0 Å². The van der Waals surface area contributed by atoms with Crippen LogP contribution in [0.2, 0.25) is 5.02 Å². The lowest BCUT2D eigenvalue weighted by molar-refractivity contribution is 0.0945. The van der Waals surface area contributed by atoms with Gasteiger partial charge in [0.25, 0.3) is 5.91 Å². The first-order valence-electron chi connectivity index (χ1n) is 6.52. The molecule has 110 valence electrons. The van der Waals surface area contributed by atoms with E-state index < -0.39 is 6.10 Å². The average Bonchev–Trinajstić information content (AvgIpc) is 2.45. The zero-order chi connectivity index (χ0) is 15.4. The molecule has 6 heteroatoms. The first-order chi connectivity index (χ1) is 9.99. The Morgan fingerprint density at radius 1 is 1.43 bits per heavy atom. The number of nitrogens with zero attached hydrogens (tertiary/aromatic N) is 2. The van der Waals surface area contributed by atoms with E-state index in [1.165, 1.54) is 6.20 Å². The molecule has 0 radical (unpaired) electrons. The zero-order valence-electron chi connectivity index (χ0n) is 11.8. The van der Waals surface area contributed by atoms with Crippen molar-refractivity contribution in [3.05, 3.63) is 58.1 Å². The first-order valence-corrected chi connectivity index (χ1v) is 6.90. The number of rotatable bonds is 4. The Kier molecular flexibility index (Phi) is 4.88. The zero-order valence-corrected chi connectivity index (χ0v) is 12.6. The molecule has 0 saturated carbocycles. The number of carbonyl (C=O) groups excluding carboxylic acids is 1. The summed E-state index contributed by atoms with van der Waals surface area (Å²) >= 11 is 5.91. The van der Waals surface area contributed by atoms with E-state index in [9.17, 15) is 9.90 Å². The topological polar surface area (TPSA) is 75.1 Å². The second-order valence-electron chi connectivity index (χ2n) is 4.67. The van der Waals surface area contributed by atoms with Gasteiger partial charge in [-0.25, -0.2) is 4.98 Å². The lowest BCUT2D eigenvalue weighted by Crippen LogP contribution is -2.24. The van der Waals surface area contributed by atoms with Gasteiger partial charge in [-0.3, -0.25) is 9.78 Å². The van der Waals surface area contributed by atoms with Gasteiger partial charge >= 0.3 is 0 Å². The number of amides is 1. The predicted molar refractivity (Wildman–Crippen MR) is 80.0 cm³/mol. The number of aliphatic hydroxyl groups is 1. The molecule has 0 bridgehead atoms. The largest absolute Gasteiger partial charge is 0.389 e. The van der Waals surface area contributed by atoms with Crippen molar-refractivity contribution >= 4 is 17.5 Å². The van der Waals surface area contributed by atoms with Crippen LogP contribution in [0.15, 0.2) is 30.5 Å². The van der Waals surface area contributed by atoms with Crippen molar-refractivity contribution in [2.75, 3.05) is 0 Å². The molecular weight excluding hydrogens is 290 g/mol. The van der Waals surface area contributed by atoms with Crippen molar-refractivity contribution in [2.45, 2.75) is 26.5 Å². The third-order valence-electron chi connectivity index (χ3n) is 3.04. The molecule has 0 aliphatic carbocycles. The number of hydrogen-bond acceptors (Lipinski definition) is 4. The van der Waals surface area contributed by atoms with Gasteiger partial charge in [0.05, 0.1) is 23.4 Å². The number of aryl methyl sites for hydroxylation is 1. The van der Waals surface area contributed by atoms with E-state index >= 15 is 0 Å². The summed E-state index contributed by atoms with van der Waals surface area (Å²) < 4.78 is 0. The molecule has 1 amide bonds. The van der Waals surface area contributed by atoms with E-state index in [1.807, 2.05) is 13.0 Å². The minimum atomic E-state index is -0.562. The van der Waals surface area contributed by atoms with Crippen LogP contribution in [-0.4, -0.2) is 21.0 Å². The van der Waals surface area contributed by atoms with Gasteiger partial charge in [-0.2, -0.15) is 0 Å². The number of carbonyl (C=O) groups is 1. The van der Waals surface area contributed by atoms with E-state index in [0.29, 0.717) is 10.7 Å². The second kappa shape index (κ2) is 6.65. The van der Waals surface area contributed by atoms with E-state index in [2.05, 4.69) is 15.3 Å². The number of pyridine rings is 2. The summed E-state index contributed by atoms with van der Waals surface area (Å²) in [6.07, 6.45) is 0.953. The molecule has 2 rings (SSSR count). The van der Waals surface area contributed by atoms with Gasteiger partial charge in [0.15, 0.2) is 0 Å². The molecule has 0 fully saturated rings. The van der Waals surface area contributed by atoms with Gasteiger partial charge < -0.3 is 10.4 Å². The number of halogens is 1. The molecule has 2 heterocycles. The molecule has 0 spiro atoms. The van der Waals surface area contributed by atoms with Crippen LogP contribution in [0.5, 0.6) is 0 Å². The SMILES string of the molecule is Cc1nc(CNC(=O)c2ncccc2Cl)ccc1C(C)O. The highest BCUT2D eigenvalue weighted by Gasteiger charge is 2.12. The molecule has 0 aliphatic heterocycles. The summed E-state index contributed by atoms with van der Waals surface area (Å²) in [5.41, 5.74) is 2.42. The van der Waals surface area contributed by atoms with Crippen molar-refractivity contribution in [3.8, 4) is 0 Å². The predicted octanol–water partition coefficient (Wildman–Crippen LogP) is 2.42. The molecule has 5 nitrogen and oxygen atoms in total. The fraction of sp³-hybridized carbons (Fsp3) is 0.267. The van der Waals surface area contributed by atoms with Gasteiger partial charge in [0, 0.05) is 17.5 Å². The van der Waals surface area contributed by atoms with Crippen LogP contribution in [0.3, 0.4) is 0 Å². The number of nitrogens with one attached hydrogen (secondary N) is 1. The molecule has 0 aliphatic rings. The van der Waals surface area contributed by atoms with Crippen molar-refractivity contribution in [3.63, 3.8) is 0 Å². The second-order valence-corrected chi connectivity index (χ2v) is 5.08. The molecule has 21 heavy (non-hydrogen) atoms. The Balaban J connectivity index is 2.05. The Labute approximate surface area is 128 Å². The number of aliphatic hydroxyl groups excluding tert-OH is 1. The highest BCUT2D eigenvalue weighted by Crippen LogP contribution is 2.16. The molecule has 1 unspecified atom stereocenters. The summed E-state index contributed by atoms with van der Waals surface area (Å²) in [5, 5.41) is 12.6. The van der Waals surface area contributed by atoms with Gasteiger partial charge in [-0.15, -0.1) is 0 Å².